The maximum Gasteiger partial charge on any atom is 0.0115 e. The molecule has 0 bridgehead atoms. The Labute approximate surface area is 82.8 Å². The standard InChI is InChI=1S/C11H24N2/c1-4-13-11(2)9-7-5-6-8-10-12-3/h12-13H,2,4-10H2,1,3H3. The van der Waals surface area contributed by atoms with E-state index >= 15 is 0 Å². The highest BCUT2D eigenvalue weighted by Gasteiger charge is 1.92. The summed E-state index contributed by atoms with van der Waals surface area (Å²) in [6.45, 7) is 8.21. The molecule has 13 heavy (non-hydrogen) atoms. The number of rotatable bonds is 9. The molecule has 2 N–H and O–H groups in total. The second kappa shape index (κ2) is 9.59. The molecule has 0 aliphatic rings. The monoisotopic (exact) mass is 184 g/mol. The van der Waals surface area contributed by atoms with E-state index in [2.05, 4.69) is 24.1 Å². The van der Waals surface area contributed by atoms with Crippen molar-refractivity contribution in [3.8, 4) is 0 Å². The largest absolute Gasteiger partial charge is 0.389 e. The lowest BCUT2D eigenvalue weighted by Crippen LogP contribution is -2.10. The van der Waals surface area contributed by atoms with Crippen molar-refractivity contribution in [2.75, 3.05) is 20.1 Å². The molecule has 0 aromatic carbocycles. The van der Waals surface area contributed by atoms with Crippen molar-refractivity contribution in [2.45, 2.75) is 39.0 Å². The molecule has 0 aromatic rings. The van der Waals surface area contributed by atoms with Gasteiger partial charge in [0.2, 0.25) is 0 Å². The smallest absolute Gasteiger partial charge is 0.0115 e. The summed E-state index contributed by atoms with van der Waals surface area (Å²) >= 11 is 0. The van der Waals surface area contributed by atoms with Crippen LogP contribution in [0.1, 0.15) is 39.0 Å². The molecule has 0 aliphatic heterocycles. The molecular formula is C11H24N2. The van der Waals surface area contributed by atoms with Gasteiger partial charge in [-0.05, 0) is 39.8 Å². The van der Waals surface area contributed by atoms with Crippen molar-refractivity contribution in [3.63, 3.8) is 0 Å². The average molecular weight is 184 g/mol. The van der Waals surface area contributed by atoms with Crippen LogP contribution in [-0.4, -0.2) is 20.1 Å². The second-order valence-corrected chi connectivity index (χ2v) is 3.40. The second-order valence-electron chi connectivity index (χ2n) is 3.40. The zero-order valence-corrected chi connectivity index (χ0v) is 9.16. The van der Waals surface area contributed by atoms with E-state index in [0.717, 1.165) is 19.5 Å². The van der Waals surface area contributed by atoms with E-state index in [1.807, 2.05) is 7.05 Å². The summed E-state index contributed by atoms with van der Waals surface area (Å²) in [5.41, 5.74) is 1.19. The van der Waals surface area contributed by atoms with E-state index in [4.69, 9.17) is 0 Å². The molecule has 0 heterocycles. The molecule has 0 fully saturated rings. The van der Waals surface area contributed by atoms with E-state index in [1.54, 1.807) is 0 Å². The number of allylic oxidation sites excluding steroid dienone is 1. The molecule has 0 amide bonds. The van der Waals surface area contributed by atoms with E-state index in [1.165, 1.54) is 31.4 Å². The molecule has 0 aromatic heterocycles. The van der Waals surface area contributed by atoms with Crippen LogP contribution in [0.5, 0.6) is 0 Å². The Balaban J connectivity index is 3.02. The Morgan fingerprint density at radius 3 is 2.46 bits per heavy atom. The van der Waals surface area contributed by atoms with Crippen molar-refractivity contribution in [1.29, 1.82) is 0 Å². The highest BCUT2D eigenvalue weighted by molar-refractivity contribution is 4.89. The summed E-state index contributed by atoms with van der Waals surface area (Å²) in [6, 6.07) is 0. The third kappa shape index (κ3) is 9.41. The van der Waals surface area contributed by atoms with Crippen LogP contribution in [0, 0.1) is 0 Å². The highest BCUT2D eigenvalue weighted by Crippen LogP contribution is 2.06. The van der Waals surface area contributed by atoms with Crippen molar-refractivity contribution < 1.29 is 0 Å². The van der Waals surface area contributed by atoms with Crippen LogP contribution < -0.4 is 10.6 Å². The first kappa shape index (κ1) is 12.5. The van der Waals surface area contributed by atoms with Gasteiger partial charge in [0.05, 0.1) is 0 Å². The van der Waals surface area contributed by atoms with Gasteiger partial charge in [0.1, 0.15) is 0 Å². The lowest BCUT2D eigenvalue weighted by molar-refractivity contribution is 0.605. The molecule has 0 aliphatic carbocycles. The van der Waals surface area contributed by atoms with Gasteiger partial charge < -0.3 is 10.6 Å². The zero-order valence-electron chi connectivity index (χ0n) is 9.16. The molecule has 2 nitrogen and oxygen atoms in total. The fourth-order valence-electron chi connectivity index (χ4n) is 1.33. The molecule has 0 saturated carbocycles. The summed E-state index contributed by atoms with van der Waals surface area (Å²) in [7, 11) is 2.01. The van der Waals surface area contributed by atoms with Gasteiger partial charge in [0.15, 0.2) is 0 Å². The molecule has 0 rings (SSSR count). The van der Waals surface area contributed by atoms with E-state index in [0.29, 0.717) is 0 Å². The fourth-order valence-corrected chi connectivity index (χ4v) is 1.33. The first-order valence-corrected chi connectivity index (χ1v) is 5.37. The average Bonchev–Trinajstić information content (AvgIpc) is 2.11. The van der Waals surface area contributed by atoms with Gasteiger partial charge in [0, 0.05) is 12.2 Å². The highest BCUT2D eigenvalue weighted by atomic mass is 14.9. The van der Waals surface area contributed by atoms with E-state index in [-0.39, 0.29) is 0 Å². The molecule has 0 radical (unpaired) electrons. The first-order chi connectivity index (χ1) is 6.31. The van der Waals surface area contributed by atoms with Crippen LogP contribution >= 0.6 is 0 Å². The van der Waals surface area contributed by atoms with Gasteiger partial charge >= 0.3 is 0 Å². The van der Waals surface area contributed by atoms with Crippen molar-refractivity contribution in [1.82, 2.24) is 10.6 Å². The van der Waals surface area contributed by atoms with E-state index < -0.39 is 0 Å². The summed E-state index contributed by atoms with van der Waals surface area (Å²) in [5, 5.41) is 6.40. The Kier molecular flexibility index (Phi) is 9.22. The first-order valence-electron chi connectivity index (χ1n) is 5.37. The summed E-state index contributed by atoms with van der Waals surface area (Å²) in [5.74, 6) is 0. The molecule has 0 spiro atoms. The molecule has 0 unspecified atom stereocenters. The third-order valence-corrected chi connectivity index (χ3v) is 2.08. The maximum atomic E-state index is 3.95. The molecule has 0 atom stereocenters. The Morgan fingerprint density at radius 1 is 1.15 bits per heavy atom. The topological polar surface area (TPSA) is 24.1 Å². The Hall–Kier alpha value is -0.500. The van der Waals surface area contributed by atoms with Crippen molar-refractivity contribution in [2.24, 2.45) is 0 Å². The van der Waals surface area contributed by atoms with Gasteiger partial charge in [-0.3, -0.25) is 0 Å². The Bertz CT molecular complexity index is 121. The van der Waals surface area contributed by atoms with Gasteiger partial charge in [-0.15, -0.1) is 0 Å². The van der Waals surface area contributed by atoms with Crippen molar-refractivity contribution in [3.05, 3.63) is 12.3 Å². The number of nitrogens with one attached hydrogen (secondary N) is 2. The maximum absolute atomic E-state index is 3.95. The third-order valence-electron chi connectivity index (χ3n) is 2.08. The number of hydrogen-bond donors (Lipinski definition) is 2. The van der Waals surface area contributed by atoms with Crippen LogP contribution in [0.2, 0.25) is 0 Å². The van der Waals surface area contributed by atoms with Crippen LogP contribution in [0.15, 0.2) is 12.3 Å². The minimum Gasteiger partial charge on any atom is -0.389 e. The lowest BCUT2D eigenvalue weighted by atomic mass is 10.1. The van der Waals surface area contributed by atoms with Gasteiger partial charge in [0.25, 0.3) is 0 Å². The van der Waals surface area contributed by atoms with Crippen LogP contribution in [0.4, 0.5) is 0 Å². The van der Waals surface area contributed by atoms with Gasteiger partial charge in [-0.25, -0.2) is 0 Å². The molecule has 2 heteroatoms. The minimum atomic E-state index is 0.999. The fraction of sp³-hybridized carbons (Fsp3) is 0.818. The summed E-state index contributed by atoms with van der Waals surface area (Å²) in [6.07, 6.45) is 6.36. The predicted molar refractivity (Wildman–Crippen MR) is 59.8 cm³/mol. The minimum absolute atomic E-state index is 0.999. The van der Waals surface area contributed by atoms with Gasteiger partial charge in [-0.1, -0.05) is 19.4 Å². The normalized spacial score (nSPS) is 10.0. The SMILES string of the molecule is C=C(CCCCCCNC)NCC. The summed E-state index contributed by atoms with van der Waals surface area (Å²) < 4.78 is 0. The molecular weight excluding hydrogens is 160 g/mol. The Morgan fingerprint density at radius 2 is 1.85 bits per heavy atom. The van der Waals surface area contributed by atoms with Crippen LogP contribution in [0.3, 0.4) is 0 Å². The van der Waals surface area contributed by atoms with Crippen LogP contribution in [0.25, 0.3) is 0 Å². The van der Waals surface area contributed by atoms with Gasteiger partial charge in [-0.2, -0.15) is 0 Å². The quantitative estimate of drug-likeness (QED) is 0.537. The predicted octanol–water partition coefficient (Wildman–Crippen LogP) is 2.28. The number of hydrogen-bond acceptors (Lipinski definition) is 2. The lowest BCUT2D eigenvalue weighted by Gasteiger charge is -2.06. The van der Waals surface area contributed by atoms with Crippen molar-refractivity contribution >= 4 is 0 Å². The van der Waals surface area contributed by atoms with E-state index in [9.17, 15) is 0 Å². The number of unbranched alkanes of at least 4 members (excludes halogenated alkanes) is 3. The molecule has 78 valence electrons. The summed E-state index contributed by atoms with van der Waals surface area (Å²) in [4.78, 5) is 0. The van der Waals surface area contributed by atoms with Crippen LogP contribution in [-0.2, 0) is 0 Å². The molecule has 0 saturated heterocycles. The zero-order chi connectivity index (χ0) is 9.94.